The molecule has 1 aromatic rings. The molecule has 1 aromatic carbocycles. The molecule has 2 aliphatic rings. The van der Waals surface area contributed by atoms with Gasteiger partial charge in [0.2, 0.25) is 5.91 Å². The minimum atomic E-state index is -0.557. The summed E-state index contributed by atoms with van der Waals surface area (Å²) in [4.78, 5) is 24.2. The van der Waals surface area contributed by atoms with Gasteiger partial charge in [0.15, 0.2) is 11.6 Å². The Bertz CT molecular complexity index is 636. The number of cyclic esters (lactones) is 1. The van der Waals surface area contributed by atoms with Crippen LogP contribution in [-0.4, -0.2) is 50.9 Å². The summed E-state index contributed by atoms with van der Waals surface area (Å²) in [6.07, 6.45) is -1.01. The van der Waals surface area contributed by atoms with Crippen molar-refractivity contribution in [2.75, 3.05) is 37.7 Å². The van der Waals surface area contributed by atoms with Crippen LogP contribution >= 0.6 is 0 Å². The van der Waals surface area contributed by atoms with Gasteiger partial charge in [0.1, 0.15) is 6.10 Å². The molecule has 2 N–H and O–H groups in total. The Balaban J connectivity index is 1.60. The molecule has 0 bridgehead atoms. The molecular formula is C16H20FN3O4. The third-order valence-electron chi connectivity index (χ3n) is 4.02. The van der Waals surface area contributed by atoms with Crippen molar-refractivity contribution in [2.24, 2.45) is 5.92 Å². The van der Waals surface area contributed by atoms with Crippen LogP contribution in [0.2, 0.25) is 0 Å². The summed E-state index contributed by atoms with van der Waals surface area (Å²) in [5.41, 5.74) is 0.403. The van der Waals surface area contributed by atoms with Gasteiger partial charge in [0, 0.05) is 32.0 Å². The second kappa shape index (κ2) is 7.04. The Morgan fingerprint density at radius 3 is 2.92 bits per heavy atom. The van der Waals surface area contributed by atoms with E-state index in [0.717, 1.165) is 13.1 Å². The highest BCUT2D eigenvalue weighted by Gasteiger charge is 2.32. The minimum Gasteiger partial charge on any atom is -0.490 e. The molecule has 3 rings (SSSR count). The van der Waals surface area contributed by atoms with Gasteiger partial charge < -0.3 is 20.1 Å². The average molecular weight is 337 g/mol. The Hall–Kier alpha value is -2.35. The normalized spacial score (nSPS) is 20.5. The number of carbonyl (C=O) groups excluding carboxylic acids is 2. The molecule has 0 radical (unpaired) electrons. The second-order valence-corrected chi connectivity index (χ2v) is 6.00. The highest BCUT2D eigenvalue weighted by Crippen LogP contribution is 2.27. The van der Waals surface area contributed by atoms with Crippen molar-refractivity contribution >= 4 is 17.7 Å². The fourth-order valence-corrected chi connectivity index (χ4v) is 2.54. The molecule has 7 nitrogen and oxygen atoms in total. The zero-order valence-corrected chi connectivity index (χ0v) is 13.4. The van der Waals surface area contributed by atoms with Crippen LogP contribution in [0, 0.1) is 11.7 Å². The molecule has 0 unspecified atom stereocenters. The van der Waals surface area contributed by atoms with E-state index in [4.69, 9.17) is 9.47 Å². The van der Waals surface area contributed by atoms with Gasteiger partial charge >= 0.3 is 6.09 Å². The topological polar surface area (TPSA) is 79.9 Å². The van der Waals surface area contributed by atoms with Crippen molar-refractivity contribution in [3.05, 3.63) is 24.0 Å². The van der Waals surface area contributed by atoms with Crippen LogP contribution in [0.1, 0.15) is 6.92 Å². The maximum Gasteiger partial charge on any atom is 0.414 e. The van der Waals surface area contributed by atoms with E-state index in [1.54, 1.807) is 6.07 Å². The van der Waals surface area contributed by atoms with Crippen LogP contribution < -0.4 is 20.3 Å². The standard InChI is InChI=1S/C16H20FN3O4/c1-10(21)19-7-13-8-20(16(22)24-13)12-2-3-15(14(17)4-12)23-9-11-5-18-6-11/h2-4,11,13,18H,5-9H2,1H3,(H,19,21)/t13-/m0/s1. The van der Waals surface area contributed by atoms with Crippen LogP contribution in [0.25, 0.3) is 0 Å². The van der Waals surface area contributed by atoms with E-state index < -0.39 is 18.0 Å². The largest absolute Gasteiger partial charge is 0.490 e. The van der Waals surface area contributed by atoms with E-state index in [1.807, 2.05) is 0 Å². The van der Waals surface area contributed by atoms with Crippen molar-refractivity contribution in [1.29, 1.82) is 0 Å². The molecule has 0 spiro atoms. The Labute approximate surface area is 139 Å². The molecule has 2 aliphatic heterocycles. The number of halogens is 1. The van der Waals surface area contributed by atoms with E-state index in [0.29, 0.717) is 18.2 Å². The molecule has 2 heterocycles. The average Bonchev–Trinajstić information content (AvgIpc) is 2.86. The number of hydrogen-bond donors (Lipinski definition) is 2. The van der Waals surface area contributed by atoms with Gasteiger partial charge in [-0.2, -0.15) is 0 Å². The molecular weight excluding hydrogens is 317 g/mol. The predicted molar refractivity (Wildman–Crippen MR) is 84.6 cm³/mol. The number of benzene rings is 1. The van der Waals surface area contributed by atoms with E-state index in [9.17, 15) is 14.0 Å². The summed E-state index contributed by atoms with van der Waals surface area (Å²) in [5, 5.41) is 5.72. The lowest BCUT2D eigenvalue weighted by molar-refractivity contribution is -0.119. The van der Waals surface area contributed by atoms with Gasteiger partial charge in [-0.05, 0) is 12.1 Å². The van der Waals surface area contributed by atoms with Crippen molar-refractivity contribution in [1.82, 2.24) is 10.6 Å². The SMILES string of the molecule is CC(=O)NC[C@H]1CN(c2ccc(OCC3CNC3)c(F)c2)C(=O)O1. The van der Waals surface area contributed by atoms with Gasteiger partial charge in [0.25, 0.3) is 0 Å². The molecule has 8 heteroatoms. The summed E-state index contributed by atoms with van der Waals surface area (Å²) in [6.45, 7) is 4.11. The number of carbonyl (C=O) groups is 2. The van der Waals surface area contributed by atoms with E-state index in [-0.39, 0.29) is 24.7 Å². The monoisotopic (exact) mass is 337 g/mol. The van der Waals surface area contributed by atoms with Crippen LogP contribution in [0.3, 0.4) is 0 Å². The fraction of sp³-hybridized carbons (Fsp3) is 0.500. The summed E-state index contributed by atoms with van der Waals surface area (Å²) in [5.74, 6) is -0.128. The van der Waals surface area contributed by atoms with Crippen molar-refractivity contribution in [3.8, 4) is 5.75 Å². The molecule has 0 saturated carbocycles. The van der Waals surface area contributed by atoms with Gasteiger partial charge in [-0.15, -0.1) is 0 Å². The van der Waals surface area contributed by atoms with E-state index >= 15 is 0 Å². The van der Waals surface area contributed by atoms with E-state index in [2.05, 4.69) is 10.6 Å². The van der Waals surface area contributed by atoms with Gasteiger partial charge in [-0.25, -0.2) is 9.18 Å². The van der Waals surface area contributed by atoms with Gasteiger partial charge in [0.05, 0.1) is 25.4 Å². The van der Waals surface area contributed by atoms with Gasteiger partial charge in [-0.3, -0.25) is 9.69 Å². The molecule has 0 aliphatic carbocycles. The van der Waals surface area contributed by atoms with Crippen LogP contribution in [-0.2, 0) is 9.53 Å². The van der Waals surface area contributed by atoms with E-state index in [1.165, 1.54) is 24.0 Å². The first kappa shape index (κ1) is 16.5. The lowest BCUT2D eigenvalue weighted by Gasteiger charge is -2.27. The van der Waals surface area contributed by atoms with Gasteiger partial charge in [-0.1, -0.05) is 0 Å². The number of ether oxygens (including phenoxy) is 2. The van der Waals surface area contributed by atoms with Crippen LogP contribution in [0.4, 0.5) is 14.9 Å². The molecule has 130 valence electrons. The third kappa shape index (κ3) is 3.76. The highest BCUT2D eigenvalue weighted by molar-refractivity contribution is 5.89. The summed E-state index contributed by atoms with van der Waals surface area (Å²) in [7, 11) is 0. The first-order valence-electron chi connectivity index (χ1n) is 7.88. The van der Waals surface area contributed by atoms with Crippen molar-refractivity contribution in [3.63, 3.8) is 0 Å². The van der Waals surface area contributed by atoms with Crippen molar-refractivity contribution in [2.45, 2.75) is 13.0 Å². The Morgan fingerprint density at radius 1 is 1.50 bits per heavy atom. The number of anilines is 1. The Kier molecular flexibility index (Phi) is 4.84. The molecule has 2 fully saturated rings. The molecule has 24 heavy (non-hydrogen) atoms. The molecule has 1 atom stereocenters. The summed E-state index contributed by atoms with van der Waals surface area (Å²) < 4.78 is 24.8. The fourth-order valence-electron chi connectivity index (χ4n) is 2.54. The first-order valence-corrected chi connectivity index (χ1v) is 7.88. The Morgan fingerprint density at radius 2 is 2.29 bits per heavy atom. The number of hydrogen-bond acceptors (Lipinski definition) is 5. The summed E-state index contributed by atoms with van der Waals surface area (Å²) in [6, 6.07) is 4.40. The smallest absolute Gasteiger partial charge is 0.414 e. The summed E-state index contributed by atoms with van der Waals surface area (Å²) >= 11 is 0. The van der Waals surface area contributed by atoms with Crippen molar-refractivity contribution < 1.29 is 23.5 Å². The van der Waals surface area contributed by atoms with Crippen LogP contribution in [0.15, 0.2) is 18.2 Å². The lowest BCUT2D eigenvalue weighted by atomic mass is 10.1. The maximum atomic E-state index is 14.2. The number of nitrogens with zero attached hydrogens (tertiary/aromatic N) is 1. The molecule has 2 amide bonds. The number of rotatable bonds is 6. The predicted octanol–water partition coefficient (Wildman–Crippen LogP) is 0.885. The second-order valence-electron chi connectivity index (χ2n) is 6.00. The van der Waals surface area contributed by atoms with Crippen LogP contribution in [0.5, 0.6) is 5.75 Å². The number of amides is 2. The lowest BCUT2D eigenvalue weighted by Crippen LogP contribution is -2.45. The number of nitrogens with one attached hydrogen (secondary N) is 2. The zero-order chi connectivity index (χ0) is 17.1. The molecule has 0 aromatic heterocycles. The maximum absolute atomic E-state index is 14.2. The zero-order valence-electron chi connectivity index (χ0n) is 13.4. The highest BCUT2D eigenvalue weighted by atomic mass is 19.1. The minimum absolute atomic E-state index is 0.174. The quantitative estimate of drug-likeness (QED) is 0.806. The molecule has 2 saturated heterocycles. The third-order valence-corrected chi connectivity index (χ3v) is 4.02. The first-order chi connectivity index (χ1) is 11.5.